The Morgan fingerprint density at radius 2 is 1.80 bits per heavy atom. The predicted octanol–water partition coefficient (Wildman–Crippen LogP) is 4.67. The molecule has 2 rings (SSSR count). The third kappa shape index (κ3) is 3.19. The molecule has 104 valence electrons. The molecule has 0 amide bonds. The SMILES string of the molecule is Cc1cc(Nc2ncc(Br)cc2C(=O)O)cc(C)c1Br. The number of hydrogen-bond donors (Lipinski definition) is 2. The minimum Gasteiger partial charge on any atom is -0.478 e. The van der Waals surface area contributed by atoms with Gasteiger partial charge in [-0.3, -0.25) is 0 Å². The first-order chi connectivity index (χ1) is 9.38. The number of aromatic nitrogens is 1. The van der Waals surface area contributed by atoms with Gasteiger partial charge < -0.3 is 10.4 Å². The molecule has 0 aliphatic rings. The van der Waals surface area contributed by atoms with Crippen LogP contribution < -0.4 is 5.32 Å². The first kappa shape index (κ1) is 15.0. The molecule has 0 aliphatic heterocycles. The van der Waals surface area contributed by atoms with Crippen molar-refractivity contribution in [1.82, 2.24) is 4.98 Å². The Morgan fingerprint density at radius 3 is 2.35 bits per heavy atom. The van der Waals surface area contributed by atoms with Gasteiger partial charge in [0.05, 0.1) is 0 Å². The normalized spacial score (nSPS) is 10.4. The molecule has 20 heavy (non-hydrogen) atoms. The number of nitrogens with zero attached hydrogens (tertiary/aromatic N) is 1. The molecule has 0 saturated heterocycles. The summed E-state index contributed by atoms with van der Waals surface area (Å²) in [7, 11) is 0. The summed E-state index contributed by atoms with van der Waals surface area (Å²) in [5, 5.41) is 12.3. The molecule has 0 spiro atoms. The van der Waals surface area contributed by atoms with Gasteiger partial charge in [-0.1, -0.05) is 15.9 Å². The molecule has 1 aromatic carbocycles. The second-order valence-electron chi connectivity index (χ2n) is 4.40. The average molecular weight is 400 g/mol. The molecule has 1 heterocycles. The predicted molar refractivity (Wildman–Crippen MR) is 85.8 cm³/mol. The van der Waals surface area contributed by atoms with Crippen LogP contribution in [0.15, 0.2) is 33.3 Å². The van der Waals surface area contributed by atoms with Gasteiger partial charge in [-0.05, 0) is 59.1 Å². The first-order valence-corrected chi connectivity index (χ1v) is 7.39. The highest BCUT2D eigenvalue weighted by Crippen LogP contribution is 2.28. The zero-order valence-electron chi connectivity index (χ0n) is 10.9. The van der Waals surface area contributed by atoms with Crippen LogP contribution in [0.1, 0.15) is 21.5 Å². The monoisotopic (exact) mass is 398 g/mol. The van der Waals surface area contributed by atoms with Crippen molar-refractivity contribution in [3.63, 3.8) is 0 Å². The molecule has 0 aliphatic carbocycles. The number of hydrogen-bond acceptors (Lipinski definition) is 3. The Kier molecular flexibility index (Phi) is 4.45. The zero-order valence-corrected chi connectivity index (χ0v) is 14.0. The smallest absolute Gasteiger partial charge is 0.339 e. The van der Waals surface area contributed by atoms with Crippen LogP contribution in [0.25, 0.3) is 0 Å². The van der Waals surface area contributed by atoms with Gasteiger partial charge >= 0.3 is 5.97 Å². The summed E-state index contributed by atoms with van der Waals surface area (Å²) in [5.41, 5.74) is 3.07. The Bertz CT molecular complexity index is 664. The number of anilines is 2. The van der Waals surface area contributed by atoms with E-state index in [1.165, 1.54) is 6.07 Å². The van der Waals surface area contributed by atoms with Crippen LogP contribution in [0, 0.1) is 13.8 Å². The number of nitrogens with one attached hydrogen (secondary N) is 1. The molecule has 0 atom stereocenters. The number of pyridine rings is 1. The van der Waals surface area contributed by atoms with Gasteiger partial charge in [-0.2, -0.15) is 0 Å². The summed E-state index contributed by atoms with van der Waals surface area (Å²) in [4.78, 5) is 15.4. The lowest BCUT2D eigenvalue weighted by atomic mass is 10.1. The fourth-order valence-corrected chi connectivity index (χ4v) is 2.42. The van der Waals surface area contributed by atoms with Gasteiger partial charge in [0.1, 0.15) is 11.4 Å². The van der Waals surface area contributed by atoms with Crippen LogP contribution >= 0.6 is 31.9 Å². The van der Waals surface area contributed by atoms with Crippen LogP contribution in [0.4, 0.5) is 11.5 Å². The lowest BCUT2D eigenvalue weighted by molar-refractivity contribution is 0.0697. The third-order valence-electron chi connectivity index (χ3n) is 2.78. The number of carboxylic acids is 1. The maximum atomic E-state index is 11.2. The quantitative estimate of drug-likeness (QED) is 0.787. The molecule has 1 aromatic heterocycles. The second-order valence-corrected chi connectivity index (χ2v) is 6.11. The summed E-state index contributed by atoms with van der Waals surface area (Å²) < 4.78 is 1.67. The Hall–Kier alpha value is -1.40. The molecule has 2 N–H and O–H groups in total. The van der Waals surface area contributed by atoms with Crippen molar-refractivity contribution in [3.05, 3.63) is 50.0 Å². The highest BCUT2D eigenvalue weighted by Gasteiger charge is 2.13. The number of carbonyl (C=O) groups is 1. The number of carboxylic acid groups (broad SMARTS) is 1. The molecule has 0 saturated carbocycles. The minimum atomic E-state index is -1.02. The maximum absolute atomic E-state index is 11.2. The Balaban J connectivity index is 2.42. The number of rotatable bonds is 3. The van der Waals surface area contributed by atoms with Crippen molar-refractivity contribution < 1.29 is 9.90 Å². The molecule has 0 unspecified atom stereocenters. The van der Waals surface area contributed by atoms with Crippen molar-refractivity contribution in [2.45, 2.75) is 13.8 Å². The standard InChI is InChI=1S/C14H12Br2N2O2/c1-7-3-10(4-8(2)12(7)16)18-13-11(14(19)20)5-9(15)6-17-13/h3-6H,1-2H3,(H,17,18)(H,19,20). The van der Waals surface area contributed by atoms with E-state index in [-0.39, 0.29) is 5.56 Å². The van der Waals surface area contributed by atoms with E-state index in [9.17, 15) is 9.90 Å². The maximum Gasteiger partial charge on any atom is 0.339 e. The van der Waals surface area contributed by atoms with E-state index in [0.29, 0.717) is 10.3 Å². The van der Waals surface area contributed by atoms with E-state index < -0.39 is 5.97 Å². The van der Waals surface area contributed by atoms with Gasteiger partial charge in [0.2, 0.25) is 0 Å². The second kappa shape index (κ2) is 5.93. The molecule has 0 radical (unpaired) electrons. The minimum absolute atomic E-state index is 0.123. The summed E-state index contributed by atoms with van der Waals surface area (Å²) >= 11 is 6.73. The van der Waals surface area contributed by atoms with Crippen LogP contribution in [-0.4, -0.2) is 16.1 Å². The van der Waals surface area contributed by atoms with E-state index in [2.05, 4.69) is 42.2 Å². The highest BCUT2D eigenvalue weighted by atomic mass is 79.9. The van der Waals surface area contributed by atoms with Crippen LogP contribution in [0.2, 0.25) is 0 Å². The number of aromatic carboxylic acids is 1. The van der Waals surface area contributed by atoms with E-state index in [1.807, 2.05) is 26.0 Å². The summed E-state index contributed by atoms with van der Waals surface area (Å²) in [5.74, 6) is -0.700. The summed E-state index contributed by atoms with van der Waals surface area (Å²) in [6, 6.07) is 5.40. The molecule has 6 heteroatoms. The van der Waals surface area contributed by atoms with Crippen LogP contribution in [-0.2, 0) is 0 Å². The Labute approximate surface area is 133 Å². The van der Waals surface area contributed by atoms with Gasteiger partial charge in [0.25, 0.3) is 0 Å². The van der Waals surface area contributed by atoms with E-state index in [1.54, 1.807) is 6.20 Å². The van der Waals surface area contributed by atoms with Gasteiger partial charge in [0.15, 0.2) is 0 Å². The lowest BCUT2D eigenvalue weighted by Crippen LogP contribution is -2.05. The lowest BCUT2D eigenvalue weighted by Gasteiger charge is -2.12. The fourth-order valence-electron chi connectivity index (χ4n) is 1.86. The zero-order chi connectivity index (χ0) is 14.9. The third-order valence-corrected chi connectivity index (χ3v) is 4.47. The van der Waals surface area contributed by atoms with E-state index in [4.69, 9.17) is 0 Å². The highest BCUT2D eigenvalue weighted by molar-refractivity contribution is 9.10. The number of halogens is 2. The van der Waals surface area contributed by atoms with Crippen molar-refractivity contribution in [1.29, 1.82) is 0 Å². The van der Waals surface area contributed by atoms with Crippen molar-refractivity contribution in [3.8, 4) is 0 Å². The first-order valence-electron chi connectivity index (χ1n) is 5.81. The molecule has 0 bridgehead atoms. The fraction of sp³-hybridized carbons (Fsp3) is 0.143. The largest absolute Gasteiger partial charge is 0.478 e. The van der Waals surface area contributed by atoms with Gasteiger partial charge in [-0.15, -0.1) is 0 Å². The Morgan fingerprint density at radius 1 is 1.20 bits per heavy atom. The van der Waals surface area contributed by atoms with Gasteiger partial charge in [-0.25, -0.2) is 9.78 Å². The van der Waals surface area contributed by atoms with Crippen molar-refractivity contribution in [2.75, 3.05) is 5.32 Å². The van der Waals surface area contributed by atoms with Crippen LogP contribution in [0.5, 0.6) is 0 Å². The summed E-state index contributed by atoms with van der Waals surface area (Å²) in [6.45, 7) is 3.96. The summed E-state index contributed by atoms with van der Waals surface area (Å²) in [6.07, 6.45) is 1.56. The molecular weight excluding hydrogens is 388 g/mol. The van der Waals surface area contributed by atoms with Crippen LogP contribution in [0.3, 0.4) is 0 Å². The molecular formula is C14H12Br2N2O2. The molecule has 2 aromatic rings. The van der Waals surface area contributed by atoms with E-state index in [0.717, 1.165) is 21.3 Å². The van der Waals surface area contributed by atoms with Gasteiger partial charge in [0, 0.05) is 20.8 Å². The number of aryl methyl sites for hydroxylation is 2. The van der Waals surface area contributed by atoms with E-state index >= 15 is 0 Å². The molecule has 4 nitrogen and oxygen atoms in total. The van der Waals surface area contributed by atoms with Crippen molar-refractivity contribution >= 4 is 49.3 Å². The average Bonchev–Trinajstić information content (AvgIpc) is 2.37. The number of benzene rings is 1. The molecule has 0 fully saturated rings. The topological polar surface area (TPSA) is 62.2 Å². The van der Waals surface area contributed by atoms with Crippen molar-refractivity contribution in [2.24, 2.45) is 0 Å².